The summed E-state index contributed by atoms with van der Waals surface area (Å²) in [6.07, 6.45) is 0. The van der Waals surface area contributed by atoms with Gasteiger partial charge in [-0.25, -0.2) is 0 Å². The van der Waals surface area contributed by atoms with Gasteiger partial charge in [0.25, 0.3) is 0 Å². The molecular weight excluding hydrogens is 418 g/mol. The molecule has 2 N–H and O–H groups in total. The molecule has 0 saturated heterocycles. The van der Waals surface area contributed by atoms with E-state index in [0.717, 1.165) is 27.8 Å². The maximum absolute atomic E-state index is 6.39. The first-order chi connectivity index (χ1) is 15.1. The summed E-state index contributed by atoms with van der Waals surface area (Å²) in [5.41, 5.74) is 9.40. The predicted octanol–water partition coefficient (Wildman–Crippen LogP) is 4.64. The van der Waals surface area contributed by atoms with Gasteiger partial charge in [0, 0.05) is 17.3 Å². The Morgan fingerprint density at radius 2 is 1.94 bits per heavy atom. The Morgan fingerprint density at radius 1 is 1.10 bits per heavy atom. The Hall–Kier alpha value is -3.58. The van der Waals surface area contributed by atoms with Crippen LogP contribution < -0.4 is 24.7 Å². The maximum atomic E-state index is 6.39. The molecule has 8 heteroatoms. The number of anilines is 1. The van der Waals surface area contributed by atoms with Crippen LogP contribution in [0, 0.1) is 0 Å². The second-order valence-electron chi connectivity index (χ2n) is 7.18. The van der Waals surface area contributed by atoms with Gasteiger partial charge >= 0.3 is 0 Å². The summed E-state index contributed by atoms with van der Waals surface area (Å²) in [4.78, 5) is 0. The molecule has 3 aromatic carbocycles. The van der Waals surface area contributed by atoms with Crippen molar-refractivity contribution in [3.63, 3.8) is 0 Å². The van der Waals surface area contributed by atoms with Crippen LogP contribution in [0.3, 0.4) is 0 Å². The summed E-state index contributed by atoms with van der Waals surface area (Å²) in [6.45, 7) is 0.980. The Bertz CT molecular complexity index is 1270. The molecule has 1 aliphatic rings. The number of benzene rings is 3. The number of fused-ring (bicyclic) bond motifs is 2. The van der Waals surface area contributed by atoms with Crippen molar-refractivity contribution >= 4 is 28.2 Å². The molecule has 0 bridgehead atoms. The highest BCUT2D eigenvalue weighted by Gasteiger charge is 2.18. The predicted molar refractivity (Wildman–Crippen MR) is 118 cm³/mol. The van der Waals surface area contributed by atoms with Crippen LogP contribution in [-0.2, 0) is 13.2 Å². The van der Waals surface area contributed by atoms with E-state index >= 15 is 0 Å². The molecule has 158 valence electrons. The van der Waals surface area contributed by atoms with Crippen LogP contribution in [0.15, 0.2) is 54.6 Å². The normalized spacial score (nSPS) is 12.3. The van der Waals surface area contributed by atoms with E-state index in [1.807, 2.05) is 53.2 Å². The summed E-state index contributed by atoms with van der Waals surface area (Å²) in [7, 11) is 1.63. The second-order valence-corrected chi connectivity index (χ2v) is 7.58. The number of methoxy groups -OCH3 is 1. The quantitative estimate of drug-likeness (QED) is 0.443. The first-order valence-corrected chi connectivity index (χ1v) is 10.1. The largest absolute Gasteiger partial charge is 0.497 e. The summed E-state index contributed by atoms with van der Waals surface area (Å²) in [5, 5.41) is 6.10. The molecule has 2 heterocycles. The minimum Gasteiger partial charge on any atom is -0.497 e. The fourth-order valence-corrected chi connectivity index (χ4v) is 3.77. The van der Waals surface area contributed by atoms with Crippen molar-refractivity contribution in [2.45, 2.75) is 13.2 Å². The molecule has 1 aliphatic heterocycles. The molecule has 0 fully saturated rings. The van der Waals surface area contributed by atoms with Crippen LogP contribution in [0.4, 0.5) is 5.69 Å². The van der Waals surface area contributed by atoms with Gasteiger partial charge in [-0.3, -0.25) is 4.68 Å². The van der Waals surface area contributed by atoms with Gasteiger partial charge in [0.15, 0.2) is 11.5 Å². The van der Waals surface area contributed by atoms with Crippen LogP contribution in [-0.4, -0.2) is 23.7 Å². The zero-order valence-corrected chi connectivity index (χ0v) is 17.6. The van der Waals surface area contributed by atoms with E-state index in [9.17, 15) is 0 Å². The lowest BCUT2D eigenvalue weighted by molar-refractivity contribution is 0.174. The smallest absolute Gasteiger partial charge is 0.241 e. The molecule has 31 heavy (non-hydrogen) atoms. The molecule has 1 aromatic heterocycles. The van der Waals surface area contributed by atoms with E-state index in [0.29, 0.717) is 34.6 Å². The molecule has 0 aliphatic carbocycles. The van der Waals surface area contributed by atoms with E-state index < -0.39 is 0 Å². The average Bonchev–Trinajstić information content (AvgIpc) is 3.35. The van der Waals surface area contributed by atoms with Gasteiger partial charge in [-0.2, -0.15) is 0 Å². The monoisotopic (exact) mass is 437 g/mol. The first kappa shape index (κ1) is 19.4. The molecule has 5 rings (SSSR count). The van der Waals surface area contributed by atoms with Crippen LogP contribution >= 0.6 is 11.6 Å². The molecule has 0 radical (unpaired) electrons. The minimum atomic E-state index is 0.189. The first-order valence-electron chi connectivity index (χ1n) is 9.70. The Kier molecular flexibility index (Phi) is 4.95. The van der Waals surface area contributed by atoms with Crippen LogP contribution in [0.2, 0.25) is 5.02 Å². The van der Waals surface area contributed by atoms with Crippen molar-refractivity contribution in [3.8, 4) is 23.1 Å². The third-order valence-electron chi connectivity index (χ3n) is 5.11. The average molecular weight is 438 g/mol. The topological polar surface area (TPSA) is 80.8 Å². The van der Waals surface area contributed by atoms with Crippen molar-refractivity contribution in [1.29, 1.82) is 0 Å². The molecule has 0 saturated carbocycles. The molecule has 0 spiro atoms. The van der Waals surface area contributed by atoms with Gasteiger partial charge in [-0.05, 0) is 42.0 Å². The highest BCUT2D eigenvalue weighted by Crippen LogP contribution is 2.37. The SMILES string of the molecule is COc1ccc2c(c1)c(OCc1cc3c(cc1Cl)OCO3)nn2Cc1cccc(N)c1. The Balaban J connectivity index is 1.47. The molecule has 0 unspecified atom stereocenters. The Morgan fingerprint density at radius 3 is 2.74 bits per heavy atom. The fraction of sp³-hybridized carbons (Fsp3) is 0.174. The van der Waals surface area contributed by atoms with E-state index in [4.69, 9.17) is 41.4 Å². The van der Waals surface area contributed by atoms with Crippen molar-refractivity contribution in [2.75, 3.05) is 19.6 Å². The number of nitrogens with zero attached hydrogens (tertiary/aromatic N) is 2. The lowest BCUT2D eigenvalue weighted by atomic mass is 10.2. The van der Waals surface area contributed by atoms with Crippen molar-refractivity contribution in [3.05, 3.63) is 70.7 Å². The van der Waals surface area contributed by atoms with E-state index in [1.54, 1.807) is 13.2 Å². The fourth-order valence-electron chi connectivity index (χ4n) is 3.56. The van der Waals surface area contributed by atoms with E-state index in [1.165, 1.54) is 0 Å². The molecule has 4 aromatic rings. The lowest BCUT2D eigenvalue weighted by Crippen LogP contribution is -2.03. The van der Waals surface area contributed by atoms with Gasteiger partial charge in [0.1, 0.15) is 12.4 Å². The zero-order valence-electron chi connectivity index (χ0n) is 16.8. The number of rotatable bonds is 6. The zero-order chi connectivity index (χ0) is 21.4. The lowest BCUT2D eigenvalue weighted by Gasteiger charge is -2.07. The van der Waals surface area contributed by atoms with Gasteiger partial charge in [-0.1, -0.05) is 23.7 Å². The van der Waals surface area contributed by atoms with Crippen LogP contribution in [0.1, 0.15) is 11.1 Å². The molecular formula is C23H20ClN3O4. The third kappa shape index (κ3) is 3.80. The van der Waals surface area contributed by atoms with Crippen LogP contribution in [0.5, 0.6) is 23.1 Å². The summed E-state index contributed by atoms with van der Waals surface area (Å²) >= 11 is 6.39. The standard InChI is InChI=1S/C23H20ClN3O4/c1-28-17-5-6-20-18(9-17)23(26-27(20)11-14-3-2-4-16(25)7-14)29-12-15-8-21-22(10-19(15)24)31-13-30-21/h2-10H,11-13,25H2,1H3. The van der Waals surface area contributed by atoms with Gasteiger partial charge in [0.2, 0.25) is 12.7 Å². The highest BCUT2D eigenvalue weighted by molar-refractivity contribution is 6.31. The third-order valence-corrected chi connectivity index (χ3v) is 5.46. The molecule has 7 nitrogen and oxygen atoms in total. The van der Waals surface area contributed by atoms with Crippen molar-refractivity contribution < 1.29 is 18.9 Å². The van der Waals surface area contributed by atoms with Crippen LogP contribution in [0.25, 0.3) is 10.9 Å². The summed E-state index contributed by atoms with van der Waals surface area (Å²) < 4.78 is 24.2. The second kappa shape index (κ2) is 7.92. The molecule has 0 amide bonds. The van der Waals surface area contributed by atoms with E-state index in [-0.39, 0.29) is 13.4 Å². The Labute approximate surface area is 183 Å². The number of hydrogen-bond acceptors (Lipinski definition) is 6. The number of aromatic nitrogens is 2. The number of nitrogens with two attached hydrogens (primary N) is 1. The van der Waals surface area contributed by atoms with Crippen molar-refractivity contribution in [1.82, 2.24) is 9.78 Å². The van der Waals surface area contributed by atoms with Crippen molar-refractivity contribution in [2.24, 2.45) is 0 Å². The summed E-state index contributed by atoms with van der Waals surface area (Å²) in [6, 6.07) is 17.1. The molecule has 0 atom stereocenters. The number of nitrogen functional groups attached to an aromatic ring is 1. The summed E-state index contributed by atoms with van der Waals surface area (Å²) in [5.74, 6) is 2.51. The van der Waals surface area contributed by atoms with Gasteiger partial charge in [-0.15, -0.1) is 5.10 Å². The number of hydrogen-bond donors (Lipinski definition) is 1. The maximum Gasteiger partial charge on any atom is 0.241 e. The highest BCUT2D eigenvalue weighted by atomic mass is 35.5. The van der Waals surface area contributed by atoms with Gasteiger partial charge < -0.3 is 24.7 Å². The van der Waals surface area contributed by atoms with Gasteiger partial charge in [0.05, 0.1) is 29.6 Å². The minimum absolute atomic E-state index is 0.189. The number of ether oxygens (including phenoxy) is 4. The number of halogens is 1. The van der Waals surface area contributed by atoms with E-state index in [2.05, 4.69) is 0 Å².